The third-order valence-electron chi connectivity index (χ3n) is 3.07. The van der Waals surface area contributed by atoms with Crippen LogP contribution in [-0.4, -0.2) is 23.0 Å². The number of rotatable bonds is 6. The van der Waals surface area contributed by atoms with E-state index in [1.165, 1.54) is 5.56 Å². The summed E-state index contributed by atoms with van der Waals surface area (Å²) in [6.07, 6.45) is 0. The van der Waals surface area contributed by atoms with Gasteiger partial charge in [0.25, 0.3) is 0 Å². The Morgan fingerprint density at radius 3 is 2.67 bits per heavy atom. The number of nitrogens with zero attached hydrogens (tertiary/aromatic N) is 1. The number of nitrogens with two attached hydrogens (primary N) is 1. The van der Waals surface area contributed by atoms with Gasteiger partial charge < -0.3 is 5.73 Å². The van der Waals surface area contributed by atoms with Crippen LogP contribution in [0, 0.1) is 12.8 Å². The van der Waals surface area contributed by atoms with Gasteiger partial charge in [0.2, 0.25) is 0 Å². The summed E-state index contributed by atoms with van der Waals surface area (Å²) in [5, 5.41) is 0.830. The minimum atomic E-state index is 0.226. The number of hydrogen-bond donors (Lipinski definition) is 1. The van der Waals surface area contributed by atoms with E-state index in [-0.39, 0.29) is 5.92 Å². The van der Waals surface area contributed by atoms with Crippen LogP contribution < -0.4 is 5.73 Å². The molecule has 0 fully saturated rings. The Bertz CT molecular complexity index is 420. The van der Waals surface area contributed by atoms with Crippen molar-refractivity contribution in [2.75, 3.05) is 13.1 Å². The fraction of sp³-hybridized carbons (Fsp3) is 0.500. The third kappa shape index (κ3) is 4.56. The SMILES string of the molecule is CCN(Cc1ccc(C)cc1Cl)CC(C)C(N)=S. The lowest BCUT2D eigenvalue weighted by Crippen LogP contribution is -2.33. The highest BCUT2D eigenvalue weighted by atomic mass is 35.5. The van der Waals surface area contributed by atoms with Crippen molar-refractivity contribution in [3.05, 3.63) is 34.3 Å². The molecule has 2 N–H and O–H groups in total. The van der Waals surface area contributed by atoms with E-state index in [4.69, 9.17) is 29.6 Å². The van der Waals surface area contributed by atoms with Crippen LogP contribution in [0.1, 0.15) is 25.0 Å². The monoisotopic (exact) mass is 284 g/mol. The molecular formula is C14H21ClN2S. The Morgan fingerprint density at radius 1 is 1.50 bits per heavy atom. The number of aryl methyl sites for hydroxylation is 1. The molecule has 0 heterocycles. The molecule has 0 aromatic heterocycles. The van der Waals surface area contributed by atoms with Crippen LogP contribution in [0.3, 0.4) is 0 Å². The molecule has 1 aromatic rings. The van der Waals surface area contributed by atoms with Gasteiger partial charge in [0, 0.05) is 24.0 Å². The van der Waals surface area contributed by atoms with Gasteiger partial charge in [0.05, 0.1) is 4.99 Å². The summed E-state index contributed by atoms with van der Waals surface area (Å²) >= 11 is 11.3. The molecule has 4 heteroatoms. The Balaban J connectivity index is 2.70. The topological polar surface area (TPSA) is 29.3 Å². The summed E-state index contributed by atoms with van der Waals surface area (Å²) in [5.41, 5.74) is 8.00. The largest absolute Gasteiger partial charge is 0.393 e. The first-order valence-corrected chi connectivity index (χ1v) is 6.99. The van der Waals surface area contributed by atoms with Crippen molar-refractivity contribution in [2.45, 2.75) is 27.3 Å². The van der Waals surface area contributed by atoms with Crippen LogP contribution in [0.25, 0.3) is 0 Å². The first-order chi connectivity index (χ1) is 8.43. The van der Waals surface area contributed by atoms with Gasteiger partial charge in [0.15, 0.2) is 0 Å². The molecule has 0 aliphatic rings. The van der Waals surface area contributed by atoms with E-state index in [0.29, 0.717) is 4.99 Å². The highest BCUT2D eigenvalue weighted by Gasteiger charge is 2.12. The van der Waals surface area contributed by atoms with Gasteiger partial charge in [-0.1, -0.05) is 49.8 Å². The highest BCUT2D eigenvalue weighted by Crippen LogP contribution is 2.19. The second-order valence-electron chi connectivity index (χ2n) is 4.73. The first-order valence-electron chi connectivity index (χ1n) is 6.20. The molecule has 2 nitrogen and oxygen atoms in total. The van der Waals surface area contributed by atoms with Crippen molar-refractivity contribution in [2.24, 2.45) is 11.7 Å². The van der Waals surface area contributed by atoms with Crippen molar-refractivity contribution in [1.29, 1.82) is 0 Å². The number of thiocarbonyl (C=S) groups is 1. The summed E-state index contributed by atoms with van der Waals surface area (Å²) < 4.78 is 0. The number of hydrogen-bond acceptors (Lipinski definition) is 2. The Labute approximate surface area is 120 Å². The van der Waals surface area contributed by atoms with E-state index in [1.54, 1.807) is 0 Å². The first kappa shape index (κ1) is 15.4. The molecule has 0 amide bonds. The summed E-state index contributed by atoms with van der Waals surface area (Å²) in [6.45, 7) is 8.90. The van der Waals surface area contributed by atoms with Gasteiger partial charge >= 0.3 is 0 Å². The highest BCUT2D eigenvalue weighted by molar-refractivity contribution is 7.80. The lowest BCUT2D eigenvalue weighted by molar-refractivity contribution is 0.264. The van der Waals surface area contributed by atoms with E-state index in [9.17, 15) is 0 Å². The van der Waals surface area contributed by atoms with Crippen molar-refractivity contribution in [1.82, 2.24) is 4.90 Å². The van der Waals surface area contributed by atoms with Crippen molar-refractivity contribution >= 4 is 28.8 Å². The van der Waals surface area contributed by atoms with E-state index in [2.05, 4.69) is 30.9 Å². The van der Waals surface area contributed by atoms with E-state index < -0.39 is 0 Å². The van der Waals surface area contributed by atoms with Crippen LogP contribution >= 0.6 is 23.8 Å². The zero-order chi connectivity index (χ0) is 13.7. The third-order valence-corrected chi connectivity index (χ3v) is 3.82. The van der Waals surface area contributed by atoms with Gasteiger partial charge in [-0.3, -0.25) is 4.90 Å². The van der Waals surface area contributed by atoms with E-state index in [1.807, 2.05) is 13.0 Å². The van der Waals surface area contributed by atoms with Gasteiger partial charge in [-0.25, -0.2) is 0 Å². The molecule has 0 radical (unpaired) electrons. The van der Waals surface area contributed by atoms with Gasteiger partial charge in [-0.05, 0) is 30.7 Å². The summed E-state index contributed by atoms with van der Waals surface area (Å²) in [5.74, 6) is 0.226. The molecule has 1 rings (SSSR count). The van der Waals surface area contributed by atoms with Crippen LogP contribution in [-0.2, 0) is 6.54 Å². The lowest BCUT2D eigenvalue weighted by Gasteiger charge is -2.24. The van der Waals surface area contributed by atoms with Crippen LogP contribution in [0.15, 0.2) is 18.2 Å². The molecular weight excluding hydrogens is 264 g/mol. The Morgan fingerprint density at radius 2 is 2.17 bits per heavy atom. The standard InChI is InChI=1S/C14H21ClN2S/c1-4-17(8-11(3)14(16)18)9-12-6-5-10(2)7-13(12)15/h5-7,11H,4,8-9H2,1-3H3,(H2,16,18). The maximum absolute atomic E-state index is 6.25. The molecule has 0 aliphatic heterocycles. The predicted molar refractivity (Wildman–Crippen MR) is 83.1 cm³/mol. The fourth-order valence-corrected chi connectivity index (χ4v) is 2.17. The summed E-state index contributed by atoms with van der Waals surface area (Å²) in [7, 11) is 0. The molecule has 100 valence electrons. The average Bonchev–Trinajstić information content (AvgIpc) is 2.31. The van der Waals surface area contributed by atoms with Gasteiger partial charge in [-0.15, -0.1) is 0 Å². The molecule has 0 bridgehead atoms. The number of halogens is 1. The maximum Gasteiger partial charge on any atom is 0.0768 e. The fourth-order valence-electron chi connectivity index (χ4n) is 1.80. The molecule has 0 aliphatic carbocycles. The molecule has 1 atom stereocenters. The smallest absolute Gasteiger partial charge is 0.0768 e. The number of benzene rings is 1. The average molecular weight is 285 g/mol. The molecule has 1 aromatic carbocycles. The Hall–Kier alpha value is -0.640. The molecule has 1 unspecified atom stereocenters. The minimum absolute atomic E-state index is 0.226. The zero-order valence-corrected chi connectivity index (χ0v) is 12.8. The molecule has 0 saturated heterocycles. The Kier molecular flexibility index (Phi) is 6.06. The molecule has 18 heavy (non-hydrogen) atoms. The molecule has 0 spiro atoms. The zero-order valence-electron chi connectivity index (χ0n) is 11.2. The summed E-state index contributed by atoms with van der Waals surface area (Å²) in [6, 6.07) is 6.18. The van der Waals surface area contributed by atoms with Crippen LogP contribution in [0.5, 0.6) is 0 Å². The summed E-state index contributed by atoms with van der Waals surface area (Å²) in [4.78, 5) is 2.88. The van der Waals surface area contributed by atoms with E-state index in [0.717, 1.165) is 30.2 Å². The van der Waals surface area contributed by atoms with E-state index >= 15 is 0 Å². The molecule has 0 saturated carbocycles. The van der Waals surface area contributed by atoms with Crippen LogP contribution in [0.4, 0.5) is 0 Å². The lowest BCUT2D eigenvalue weighted by atomic mass is 10.1. The normalized spacial score (nSPS) is 12.7. The van der Waals surface area contributed by atoms with Crippen molar-refractivity contribution in [3.63, 3.8) is 0 Å². The van der Waals surface area contributed by atoms with Gasteiger partial charge in [-0.2, -0.15) is 0 Å². The predicted octanol–water partition coefficient (Wildman–Crippen LogP) is 3.39. The quantitative estimate of drug-likeness (QED) is 0.812. The second-order valence-corrected chi connectivity index (χ2v) is 5.60. The minimum Gasteiger partial charge on any atom is -0.393 e. The van der Waals surface area contributed by atoms with Crippen LogP contribution in [0.2, 0.25) is 5.02 Å². The van der Waals surface area contributed by atoms with Crippen molar-refractivity contribution in [3.8, 4) is 0 Å². The van der Waals surface area contributed by atoms with Gasteiger partial charge in [0.1, 0.15) is 0 Å². The second kappa shape index (κ2) is 7.07. The van der Waals surface area contributed by atoms with Crippen molar-refractivity contribution < 1.29 is 0 Å². The maximum atomic E-state index is 6.25.